The molecule has 0 radical (unpaired) electrons. The smallest absolute Gasteiger partial charge is 0.419 e. The minimum atomic E-state index is -4.22. The van der Waals surface area contributed by atoms with Crippen molar-refractivity contribution < 1.29 is 65.7 Å². The van der Waals surface area contributed by atoms with E-state index in [0.29, 0.717) is 61.5 Å². The molecule has 3 atom stereocenters. The Morgan fingerprint density at radius 3 is 2.13 bits per heavy atom. The summed E-state index contributed by atoms with van der Waals surface area (Å²) in [6.07, 6.45) is 1.84. The zero-order chi connectivity index (χ0) is 65.6. The van der Waals surface area contributed by atoms with E-state index >= 15 is 14.4 Å². The fourth-order valence-corrected chi connectivity index (χ4v) is 12.0. The molecule has 3 aromatic carbocycles. The van der Waals surface area contributed by atoms with Crippen molar-refractivity contribution in [2.24, 2.45) is 0 Å². The van der Waals surface area contributed by atoms with E-state index in [1.807, 2.05) is 10.8 Å². The monoisotopic (exact) mass is 1290 g/mol. The number of halogens is 1. The first-order valence-corrected chi connectivity index (χ1v) is 31.9. The van der Waals surface area contributed by atoms with E-state index in [1.165, 1.54) is 52.4 Å². The summed E-state index contributed by atoms with van der Waals surface area (Å²) in [6.45, 7) is 16.7. The predicted octanol–water partition coefficient (Wildman–Crippen LogP) is 9.03. The van der Waals surface area contributed by atoms with Crippen molar-refractivity contribution >= 4 is 92.2 Å². The van der Waals surface area contributed by atoms with Gasteiger partial charge in [-0.05, 0) is 153 Å². The Bertz CT molecular complexity index is 3500. The predicted molar refractivity (Wildman–Crippen MR) is 336 cm³/mol. The SMILES string of the molecule is COC(=O)CCN(CCC[C@@H]1NCc2cccnc2Sc2c(Cl)ccc(-c3ccc(S(=O)(=O)NC(C)=O)cc3)c2CNC(=O)[C@H](Cc2cn(C(=O)OC(C)(C)C)c3ccccc23)N(C)C(=O)[C@H](CCCCNC(=O)OC(C)(C)C)NC1=O)C(=O)OC(C)(C)C. The quantitative estimate of drug-likeness (QED) is 0.0329. The third-order valence-corrected chi connectivity index (χ3v) is 16.9. The van der Waals surface area contributed by atoms with Crippen LogP contribution in [0.25, 0.3) is 22.0 Å². The number of ether oxygens (including phenoxy) is 4. The van der Waals surface area contributed by atoms with Crippen LogP contribution in [0.2, 0.25) is 5.02 Å². The first-order chi connectivity index (χ1) is 41.7. The number of carbonyl (C=O) groups is 8. The number of likely N-dealkylation sites (N-methyl/N-ethyl adjacent to an activating group) is 1. The largest absolute Gasteiger partial charge is 0.469 e. The van der Waals surface area contributed by atoms with Gasteiger partial charge in [-0.1, -0.05) is 65.8 Å². The average molecular weight is 1290 g/mol. The number of carbonyl (C=O) groups excluding carboxylic acids is 8. The third-order valence-electron chi connectivity index (χ3n) is 13.8. The summed E-state index contributed by atoms with van der Waals surface area (Å²) < 4.78 is 51.3. The van der Waals surface area contributed by atoms with Crippen LogP contribution in [0, 0.1) is 0 Å². The van der Waals surface area contributed by atoms with Crippen LogP contribution in [0.5, 0.6) is 0 Å². The van der Waals surface area contributed by atoms with Gasteiger partial charge in [-0.2, -0.15) is 0 Å². The Hall–Kier alpha value is -7.74. The molecule has 23 nitrogen and oxygen atoms in total. The molecule has 0 bridgehead atoms. The lowest BCUT2D eigenvalue weighted by atomic mass is 9.98. The highest BCUT2D eigenvalue weighted by Crippen LogP contribution is 2.41. The molecule has 3 heterocycles. The molecule has 0 unspecified atom stereocenters. The number of unbranched alkanes of at least 4 members (excludes halogenated alkanes) is 1. The summed E-state index contributed by atoms with van der Waals surface area (Å²) in [5.41, 5.74) is 0.609. The molecule has 0 spiro atoms. The van der Waals surface area contributed by atoms with Gasteiger partial charge in [0.15, 0.2) is 0 Å². The normalized spacial score (nSPS) is 16.4. The van der Waals surface area contributed by atoms with Gasteiger partial charge in [-0.15, -0.1) is 0 Å². The maximum absolute atomic E-state index is 15.6. The Morgan fingerprint density at radius 2 is 1.47 bits per heavy atom. The molecular formula is C63H82ClN9O14S2. The second-order valence-corrected chi connectivity index (χ2v) is 27.5. The molecule has 6 amide bonds. The molecule has 5 N–H and O–H groups in total. The standard InChI is InChI=1S/C63H82ClN9O14S2/c1-39(74)70-89(82,83)43-26-24-40(25-27-43)44-28-29-47(64)53-46(44)37-68-55(77)51(35-42-38-73(60(81)87-63(8,9)10)50-23-14-13-20-45(42)50)71(11)57(78)49(21-15-16-31-66-58(79)85-61(2,3)4)69-54(76)48(67-36-41-19-17-32-65-56(41)88-53)22-18-33-72(34-30-52(75)84-12)59(80)86-62(5,6)7/h13-14,17,19-20,23-29,32,38,48-49,51,67H,15-16,18,21-22,30-31,33-37H2,1-12H3,(H,66,79)(H,68,77)(H,69,76)(H,70,74)/t48-,49-,51-/m0/s1. The number of sulfonamides is 1. The minimum absolute atomic E-state index is 0.0351. The number of nitrogens with one attached hydrogen (secondary N) is 5. The maximum atomic E-state index is 15.6. The summed E-state index contributed by atoms with van der Waals surface area (Å²) in [5, 5.41) is 13.5. The Kier molecular flexibility index (Phi) is 24.2. The van der Waals surface area contributed by atoms with E-state index in [2.05, 4.69) is 21.3 Å². The van der Waals surface area contributed by atoms with Crippen LogP contribution in [0.15, 0.2) is 100 Å². The number of alkyl carbamates (subject to hydrolysis) is 1. The summed E-state index contributed by atoms with van der Waals surface area (Å²) in [4.78, 5) is 118. The zero-order valence-electron chi connectivity index (χ0n) is 52.5. The number of fused-ring (bicyclic) bond motifs is 3. The number of amides is 6. The summed E-state index contributed by atoms with van der Waals surface area (Å²) in [5.74, 6) is -3.21. The van der Waals surface area contributed by atoms with Crippen LogP contribution in [0.4, 0.5) is 14.4 Å². The molecule has 2 aromatic heterocycles. The van der Waals surface area contributed by atoms with Crippen molar-refractivity contribution in [1.29, 1.82) is 0 Å². The Labute approximate surface area is 529 Å². The van der Waals surface area contributed by atoms with Gasteiger partial charge in [0.25, 0.3) is 10.0 Å². The molecule has 482 valence electrons. The summed E-state index contributed by atoms with van der Waals surface area (Å²) in [7, 11) is -1.52. The van der Waals surface area contributed by atoms with E-state index in [9.17, 15) is 32.4 Å². The van der Waals surface area contributed by atoms with Gasteiger partial charge in [-0.25, -0.2) is 32.5 Å². The third kappa shape index (κ3) is 20.7. The molecule has 26 heteroatoms. The van der Waals surface area contributed by atoms with Gasteiger partial charge >= 0.3 is 24.2 Å². The van der Waals surface area contributed by atoms with Crippen LogP contribution >= 0.6 is 23.4 Å². The second-order valence-electron chi connectivity index (χ2n) is 24.4. The van der Waals surface area contributed by atoms with E-state index in [1.54, 1.807) is 129 Å². The molecule has 6 rings (SSSR count). The van der Waals surface area contributed by atoms with Gasteiger partial charge in [0.1, 0.15) is 33.9 Å². The van der Waals surface area contributed by atoms with E-state index in [4.69, 9.17) is 35.5 Å². The number of methoxy groups -OCH3 is 1. The van der Waals surface area contributed by atoms with Crippen molar-refractivity contribution in [3.8, 4) is 11.1 Å². The van der Waals surface area contributed by atoms with E-state index in [-0.39, 0.29) is 74.7 Å². The lowest BCUT2D eigenvalue weighted by Gasteiger charge is -2.32. The van der Waals surface area contributed by atoms with Crippen LogP contribution < -0.4 is 26.0 Å². The highest BCUT2D eigenvalue weighted by Gasteiger charge is 2.36. The molecule has 1 aliphatic rings. The molecular weight excluding hydrogens is 1210 g/mol. The van der Waals surface area contributed by atoms with Gasteiger partial charge in [-0.3, -0.25) is 28.5 Å². The fraction of sp³-hybridized carbons (Fsp3) is 0.476. The lowest BCUT2D eigenvalue weighted by molar-refractivity contribution is -0.142. The van der Waals surface area contributed by atoms with Crippen LogP contribution in [0.3, 0.4) is 0 Å². The number of para-hydroxylation sites is 1. The number of nitrogens with zero attached hydrogens (tertiary/aromatic N) is 4. The van der Waals surface area contributed by atoms with Crippen LogP contribution in [-0.2, 0) is 72.5 Å². The van der Waals surface area contributed by atoms with E-state index in [0.717, 1.165) is 6.92 Å². The van der Waals surface area contributed by atoms with Crippen molar-refractivity contribution in [3.05, 3.63) is 107 Å². The second kappa shape index (κ2) is 30.6. The molecule has 0 saturated carbocycles. The molecule has 1 aliphatic heterocycles. The van der Waals surface area contributed by atoms with Crippen LogP contribution in [-0.4, -0.2) is 144 Å². The summed E-state index contributed by atoms with van der Waals surface area (Å²) >= 11 is 8.36. The first-order valence-electron chi connectivity index (χ1n) is 29.2. The summed E-state index contributed by atoms with van der Waals surface area (Å²) in [6, 6.07) is 16.1. The fourth-order valence-electron chi connectivity index (χ4n) is 9.65. The number of rotatable bonds is 17. The maximum Gasteiger partial charge on any atom is 0.419 e. The number of pyridine rings is 1. The highest BCUT2D eigenvalue weighted by atomic mass is 35.5. The van der Waals surface area contributed by atoms with Crippen molar-refractivity contribution in [3.63, 3.8) is 0 Å². The molecule has 0 saturated heterocycles. The lowest BCUT2D eigenvalue weighted by Crippen LogP contribution is -2.57. The number of aromatic nitrogens is 2. The average Bonchev–Trinajstić information content (AvgIpc) is 3.03. The number of esters is 1. The number of hydrogen-bond acceptors (Lipinski definition) is 17. The van der Waals surface area contributed by atoms with Crippen molar-refractivity contribution in [1.82, 2.24) is 45.3 Å². The highest BCUT2D eigenvalue weighted by molar-refractivity contribution is 7.99. The first kappa shape index (κ1) is 70.3. The number of hydrogen-bond donors (Lipinski definition) is 5. The van der Waals surface area contributed by atoms with Gasteiger partial charge in [0.2, 0.25) is 23.6 Å². The topological polar surface area (TPSA) is 292 Å². The molecule has 0 fully saturated rings. The van der Waals surface area contributed by atoms with Crippen molar-refractivity contribution in [2.75, 3.05) is 33.8 Å². The van der Waals surface area contributed by atoms with Gasteiger partial charge < -0.3 is 50.0 Å². The Balaban J connectivity index is 1.50. The van der Waals surface area contributed by atoms with Gasteiger partial charge in [0.05, 0.1) is 35.0 Å². The number of benzene rings is 3. The van der Waals surface area contributed by atoms with Gasteiger partial charge in [0, 0.05) is 75.8 Å². The molecule has 5 aromatic rings. The van der Waals surface area contributed by atoms with Crippen molar-refractivity contribution in [2.45, 2.75) is 177 Å². The molecule has 0 aliphatic carbocycles. The Morgan fingerprint density at radius 1 is 0.798 bits per heavy atom. The molecule has 89 heavy (non-hydrogen) atoms. The minimum Gasteiger partial charge on any atom is -0.469 e. The van der Waals surface area contributed by atoms with Crippen LogP contribution in [0.1, 0.15) is 124 Å². The zero-order valence-corrected chi connectivity index (χ0v) is 54.9. The van der Waals surface area contributed by atoms with E-state index < -0.39 is 92.8 Å².